The summed E-state index contributed by atoms with van der Waals surface area (Å²) >= 11 is 0. The fraction of sp³-hybridized carbons (Fsp3) is 0.600. The molecule has 98 valence electrons. The van der Waals surface area contributed by atoms with Crippen LogP contribution in [-0.2, 0) is 17.6 Å². The van der Waals surface area contributed by atoms with E-state index in [0.717, 1.165) is 25.5 Å². The predicted octanol–water partition coefficient (Wildman–Crippen LogP) is 1.93. The highest BCUT2D eigenvalue weighted by atomic mass is 16.5. The third-order valence-corrected chi connectivity index (χ3v) is 3.79. The number of hydrogen-bond acceptors (Lipinski definition) is 3. The molecule has 1 saturated heterocycles. The van der Waals surface area contributed by atoms with Crippen molar-refractivity contribution in [3.05, 3.63) is 29.3 Å². The molecule has 1 atom stereocenters. The van der Waals surface area contributed by atoms with Gasteiger partial charge in [-0.2, -0.15) is 0 Å². The van der Waals surface area contributed by atoms with E-state index in [1.54, 1.807) is 0 Å². The number of rotatable bonds is 3. The highest BCUT2D eigenvalue weighted by molar-refractivity contribution is 5.41. The summed E-state index contributed by atoms with van der Waals surface area (Å²) in [5.41, 5.74) is 2.91. The van der Waals surface area contributed by atoms with Gasteiger partial charge < -0.3 is 14.8 Å². The van der Waals surface area contributed by atoms with Crippen LogP contribution in [0, 0.1) is 0 Å². The van der Waals surface area contributed by atoms with Gasteiger partial charge in [-0.05, 0) is 42.9 Å². The van der Waals surface area contributed by atoms with Gasteiger partial charge in [0.2, 0.25) is 0 Å². The van der Waals surface area contributed by atoms with Crippen LogP contribution >= 0.6 is 0 Å². The molecule has 0 saturated carbocycles. The third-order valence-electron chi connectivity index (χ3n) is 3.79. The summed E-state index contributed by atoms with van der Waals surface area (Å²) in [6.07, 6.45) is 4.98. The van der Waals surface area contributed by atoms with E-state index in [1.165, 1.54) is 36.8 Å². The minimum Gasteiger partial charge on any atom is -0.492 e. The van der Waals surface area contributed by atoms with Gasteiger partial charge in [0.05, 0.1) is 19.3 Å². The Kier molecular flexibility index (Phi) is 3.81. The molecular weight excluding hydrogens is 226 g/mol. The molecule has 0 spiro atoms. The van der Waals surface area contributed by atoms with E-state index < -0.39 is 0 Å². The first-order valence-corrected chi connectivity index (χ1v) is 6.98. The molecule has 1 aromatic carbocycles. The maximum absolute atomic E-state index is 6.00. The van der Waals surface area contributed by atoms with Gasteiger partial charge in [0.15, 0.2) is 0 Å². The fourth-order valence-corrected chi connectivity index (χ4v) is 2.80. The molecule has 3 nitrogen and oxygen atoms in total. The molecule has 1 heterocycles. The van der Waals surface area contributed by atoms with E-state index in [1.807, 2.05) is 0 Å². The van der Waals surface area contributed by atoms with E-state index in [9.17, 15) is 0 Å². The largest absolute Gasteiger partial charge is 0.492 e. The van der Waals surface area contributed by atoms with Gasteiger partial charge in [0.25, 0.3) is 0 Å². The second-order valence-electron chi connectivity index (χ2n) is 5.14. The zero-order valence-electron chi connectivity index (χ0n) is 10.8. The Morgan fingerprint density at radius 3 is 3.11 bits per heavy atom. The standard InChI is InChI=1S/C15H21NO2/c1-2-6-14-12(4-1)5-3-7-15(14)18-11-13-10-17-9-8-16-13/h3,5,7,13,16H,1-2,4,6,8-11H2. The predicted molar refractivity (Wildman–Crippen MR) is 71.2 cm³/mol. The van der Waals surface area contributed by atoms with E-state index in [0.29, 0.717) is 12.6 Å². The van der Waals surface area contributed by atoms with Crippen LogP contribution in [0.1, 0.15) is 24.0 Å². The highest BCUT2D eigenvalue weighted by Gasteiger charge is 2.17. The molecule has 2 aliphatic rings. The SMILES string of the molecule is c1cc2c(c(OCC3COCCN3)c1)CCCC2. The lowest BCUT2D eigenvalue weighted by atomic mass is 9.91. The molecule has 18 heavy (non-hydrogen) atoms. The van der Waals surface area contributed by atoms with Gasteiger partial charge >= 0.3 is 0 Å². The Morgan fingerprint density at radius 2 is 2.22 bits per heavy atom. The van der Waals surface area contributed by atoms with Crippen molar-refractivity contribution in [2.24, 2.45) is 0 Å². The average molecular weight is 247 g/mol. The van der Waals surface area contributed by atoms with Gasteiger partial charge in [0.1, 0.15) is 12.4 Å². The minimum atomic E-state index is 0.332. The summed E-state index contributed by atoms with van der Waals surface area (Å²) in [4.78, 5) is 0. The Morgan fingerprint density at radius 1 is 1.28 bits per heavy atom. The molecular formula is C15H21NO2. The highest BCUT2D eigenvalue weighted by Crippen LogP contribution is 2.29. The topological polar surface area (TPSA) is 30.5 Å². The van der Waals surface area contributed by atoms with Crippen molar-refractivity contribution in [2.75, 3.05) is 26.4 Å². The summed E-state index contributed by atoms with van der Waals surface area (Å²) in [5.74, 6) is 1.08. The van der Waals surface area contributed by atoms with Crippen molar-refractivity contribution in [1.82, 2.24) is 5.32 Å². The van der Waals surface area contributed by atoms with Gasteiger partial charge in [0, 0.05) is 6.54 Å². The van der Waals surface area contributed by atoms with E-state index in [4.69, 9.17) is 9.47 Å². The van der Waals surface area contributed by atoms with Gasteiger partial charge in [-0.15, -0.1) is 0 Å². The van der Waals surface area contributed by atoms with Crippen molar-refractivity contribution in [3.63, 3.8) is 0 Å². The van der Waals surface area contributed by atoms with Crippen LogP contribution in [0.5, 0.6) is 5.75 Å². The monoisotopic (exact) mass is 247 g/mol. The van der Waals surface area contributed by atoms with Gasteiger partial charge in [-0.25, -0.2) is 0 Å². The van der Waals surface area contributed by atoms with Crippen LogP contribution in [-0.4, -0.2) is 32.4 Å². The van der Waals surface area contributed by atoms with Crippen molar-refractivity contribution < 1.29 is 9.47 Å². The second kappa shape index (κ2) is 5.72. The lowest BCUT2D eigenvalue weighted by molar-refractivity contribution is 0.0591. The zero-order valence-corrected chi connectivity index (χ0v) is 10.8. The summed E-state index contributed by atoms with van der Waals surface area (Å²) in [5, 5.41) is 3.42. The van der Waals surface area contributed by atoms with Crippen LogP contribution in [0.3, 0.4) is 0 Å². The molecule has 1 fully saturated rings. The number of aryl methyl sites for hydroxylation is 1. The Hall–Kier alpha value is -1.06. The molecule has 3 rings (SSSR count). The maximum Gasteiger partial charge on any atom is 0.122 e. The molecule has 0 aromatic heterocycles. The number of morpholine rings is 1. The van der Waals surface area contributed by atoms with Crippen LogP contribution in [0.15, 0.2) is 18.2 Å². The van der Waals surface area contributed by atoms with Crippen molar-refractivity contribution in [1.29, 1.82) is 0 Å². The molecule has 0 bridgehead atoms. The average Bonchev–Trinajstić information content (AvgIpc) is 2.46. The number of ether oxygens (including phenoxy) is 2. The first-order valence-electron chi connectivity index (χ1n) is 6.98. The van der Waals surface area contributed by atoms with Crippen molar-refractivity contribution in [2.45, 2.75) is 31.7 Å². The second-order valence-corrected chi connectivity index (χ2v) is 5.14. The Balaban J connectivity index is 1.65. The smallest absolute Gasteiger partial charge is 0.122 e. The summed E-state index contributed by atoms with van der Waals surface area (Å²) in [6, 6.07) is 6.79. The van der Waals surface area contributed by atoms with Crippen molar-refractivity contribution in [3.8, 4) is 5.75 Å². The van der Waals surface area contributed by atoms with Gasteiger partial charge in [-0.1, -0.05) is 12.1 Å². The first kappa shape index (κ1) is 12.0. The summed E-state index contributed by atoms with van der Waals surface area (Å²) in [7, 11) is 0. The van der Waals surface area contributed by atoms with Crippen LogP contribution in [0.25, 0.3) is 0 Å². The lowest BCUT2D eigenvalue weighted by Gasteiger charge is -2.25. The van der Waals surface area contributed by atoms with Crippen LogP contribution < -0.4 is 10.1 Å². The zero-order chi connectivity index (χ0) is 12.2. The molecule has 1 aromatic rings. The van der Waals surface area contributed by atoms with E-state index in [-0.39, 0.29) is 0 Å². The minimum absolute atomic E-state index is 0.332. The number of fused-ring (bicyclic) bond motifs is 1. The quantitative estimate of drug-likeness (QED) is 0.885. The van der Waals surface area contributed by atoms with Crippen molar-refractivity contribution >= 4 is 0 Å². The molecule has 1 N–H and O–H groups in total. The molecule has 1 aliphatic carbocycles. The molecule has 3 heteroatoms. The summed E-state index contributed by atoms with van der Waals surface area (Å²) in [6.45, 7) is 3.21. The lowest BCUT2D eigenvalue weighted by Crippen LogP contribution is -2.44. The molecule has 0 radical (unpaired) electrons. The Labute approximate surface area is 108 Å². The summed E-state index contributed by atoms with van der Waals surface area (Å²) < 4.78 is 11.4. The first-order chi connectivity index (χ1) is 8.93. The Bertz CT molecular complexity index is 399. The molecule has 0 amide bonds. The molecule has 1 aliphatic heterocycles. The normalized spacial score (nSPS) is 23.4. The maximum atomic E-state index is 6.00. The fourth-order valence-electron chi connectivity index (χ4n) is 2.80. The number of benzene rings is 1. The van der Waals surface area contributed by atoms with Crippen LogP contribution in [0.4, 0.5) is 0 Å². The van der Waals surface area contributed by atoms with Gasteiger partial charge in [-0.3, -0.25) is 0 Å². The number of hydrogen-bond donors (Lipinski definition) is 1. The molecule has 1 unspecified atom stereocenters. The van der Waals surface area contributed by atoms with E-state index in [2.05, 4.69) is 23.5 Å². The van der Waals surface area contributed by atoms with E-state index >= 15 is 0 Å². The third kappa shape index (κ3) is 2.68. The number of nitrogens with one attached hydrogen (secondary N) is 1. The van der Waals surface area contributed by atoms with Crippen LogP contribution in [0.2, 0.25) is 0 Å².